The lowest BCUT2D eigenvalue weighted by atomic mass is 10.7. The third-order valence-corrected chi connectivity index (χ3v) is 3.89. The maximum absolute atomic E-state index is 12.0. The van der Waals surface area contributed by atoms with Crippen LogP contribution in [0.3, 0.4) is 0 Å². The first-order chi connectivity index (χ1) is 7.20. The lowest BCUT2D eigenvalue weighted by molar-refractivity contribution is 0.219. The molecule has 0 fully saturated rings. The highest BCUT2D eigenvalue weighted by atomic mass is 31.2. The van der Waals surface area contributed by atoms with Gasteiger partial charge < -0.3 is 13.6 Å². The molecule has 5 nitrogen and oxygen atoms in total. The number of rotatable bonds is 7. The molecule has 0 bridgehead atoms. The van der Waals surface area contributed by atoms with Crippen LogP contribution in [-0.4, -0.2) is 28.9 Å². The highest BCUT2D eigenvalue weighted by Crippen LogP contribution is 2.47. The molecule has 1 heterocycles. The maximum atomic E-state index is 12.0. The molecule has 0 spiro atoms. The molecule has 0 aromatic carbocycles. The Bertz CT molecular complexity index is 303. The molecule has 6 heteroatoms. The van der Waals surface area contributed by atoms with Gasteiger partial charge in [-0.1, -0.05) is 0 Å². The van der Waals surface area contributed by atoms with Crippen LogP contribution in [0, 0.1) is 0 Å². The minimum absolute atomic E-state index is 0.380. The van der Waals surface area contributed by atoms with Crippen LogP contribution in [0.2, 0.25) is 0 Å². The molecule has 0 unspecified atom stereocenters. The van der Waals surface area contributed by atoms with Crippen molar-refractivity contribution in [2.75, 3.05) is 19.4 Å². The largest absolute Gasteiger partial charge is 0.337 e. The van der Waals surface area contributed by atoms with Gasteiger partial charge in [0.2, 0.25) is 0 Å². The van der Waals surface area contributed by atoms with E-state index in [1.165, 1.54) is 0 Å². The van der Waals surface area contributed by atoms with Gasteiger partial charge in [0, 0.05) is 18.9 Å². The summed E-state index contributed by atoms with van der Waals surface area (Å²) in [4.78, 5) is 3.91. The summed E-state index contributed by atoms with van der Waals surface area (Å²) in [5.74, 6) is 0. The van der Waals surface area contributed by atoms with Crippen molar-refractivity contribution in [3.05, 3.63) is 18.7 Å². The minimum atomic E-state index is -2.91. The first kappa shape index (κ1) is 12.4. The fraction of sp³-hybridized carbons (Fsp3) is 0.667. The van der Waals surface area contributed by atoms with E-state index >= 15 is 0 Å². The third kappa shape index (κ3) is 4.16. The summed E-state index contributed by atoms with van der Waals surface area (Å²) >= 11 is 0. The Labute approximate surface area is 89.9 Å². The number of nitrogens with zero attached hydrogens (tertiary/aromatic N) is 2. The Morgan fingerprint density at radius 3 is 2.47 bits per heavy atom. The molecule has 1 rings (SSSR count). The number of aryl methyl sites for hydroxylation is 1. The Kier molecular flexibility index (Phi) is 5.02. The molecule has 0 amide bonds. The van der Waals surface area contributed by atoms with E-state index in [4.69, 9.17) is 9.05 Å². The Hall–Kier alpha value is -0.640. The van der Waals surface area contributed by atoms with E-state index in [2.05, 4.69) is 4.98 Å². The van der Waals surface area contributed by atoms with Gasteiger partial charge in [-0.3, -0.25) is 4.57 Å². The summed E-state index contributed by atoms with van der Waals surface area (Å²) in [6, 6.07) is 0. The van der Waals surface area contributed by atoms with Gasteiger partial charge in [-0.05, 0) is 13.8 Å². The number of hydrogen-bond acceptors (Lipinski definition) is 4. The van der Waals surface area contributed by atoms with Crippen molar-refractivity contribution in [3.8, 4) is 0 Å². The van der Waals surface area contributed by atoms with Gasteiger partial charge in [0.05, 0.1) is 25.7 Å². The molecule has 86 valence electrons. The molecular weight excluding hydrogens is 215 g/mol. The summed E-state index contributed by atoms with van der Waals surface area (Å²) in [6.45, 7) is 5.02. The zero-order valence-corrected chi connectivity index (χ0v) is 10.0. The average Bonchev–Trinajstić information content (AvgIpc) is 2.68. The SMILES string of the molecule is CCOP(=O)(CCn1ccnc1)OCC. The second kappa shape index (κ2) is 6.05. The van der Waals surface area contributed by atoms with Crippen molar-refractivity contribution in [1.82, 2.24) is 9.55 Å². The van der Waals surface area contributed by atoms with Crippen LogP contribution >= 0.6 is 7.60 Å². The van der Waals surface area contributed by atoms with Crippen LogP contribution in [-0.2, 0) is 20.2 Å². The second-order valence-corrected chi connectivity index (χ2v) is 5.16. The minimum Gasteiger partial charge on any atom is -0.337 e. The quantitative estimate of drug-likeness (QED) is 0.676. The van der Waals surface area contributed by atoms with Crippen molar-refractivity contribution in [3.63, 3.8) is 0 Å². The van der Waals surface area contributed by atoms with E-state index in [-0.39, 0.29) is 0 Å². The fourth-order valence-corrected chi connectivity index (χ4v) is 2.81. The first-order valence-electron chi connectivity index (χ1n) is 5.04. The van der Waals surface area contributed by atoms with E-state index in [1.54, 1.807) is 12.5 Å². The lowest BCUT2D eigenvalue weighted by Gasteiger charge is -2.16. The molecule has 0 aliphatic heterocycles. The number of imidazole rings is 1. The first-order valence-corrected chi connectivity index (χ1v) is 6.77. The molecule has 0 aliphatic carbocycles. The van der Waals surface area contributed by atoms with Gasteiger partial charge >= 0.3 is 7.60 Å². The highest BCUT2D eigenvalue weighted by Gasteiger charge is 2.22. The van der Waals surface area contributed by atoms with E-state index in [0.717, 1.165) is 0 Å². The third-order valence-electron chi connectivity index (χ3n) is 1.84. The molecule has 0 atom stereocenters. The predicted molar refractivity (Wildman–Crippen MR) is 58.0 cm³/mol. The molecular formula is C9H17N2O3P. The Balaban J connectivity index is 2.48. The van der Waals surface area contributed by atoms with E-state index in [0.29, 0.717) is 25.9 Å². The summed E-state index contributed by atoms with van der Waals surface area (Å²) in [6.07, 6.45) is 5.57. The second-order valence-electron chi connectivity index (χ2n) is 2.97. The van der Waals surface area contributed by atoms with Crippen LogP contribution in [0.25, 0.3) is 0 Å². The maximum Gasteiger partial charge on any atom is 0.332 e. The van der Waals surface area contributed by atoms with Crippen LogP contribution in [0.5, 0.6) is 0 Å². The Morgan fingerprint density at radius 1 is 1.33 bits per heavy atom. The van der Waals surface area contributed by atoms with Crippen LogP contribution in [0.15, 0.2) is 18.7 Å². The monoisotopic (exact) mass is 232 g/mol. The summed E-state index contributed by atoms with van der Waals surface area (Å²) < 4.78 is 24.2. The molecule has 0 N–H and O–H groups in total. The Morgan fingerprint density at radius 2 is 2.00 bits per heavy atom. The average molecular weight is 232 g/mol. The molecule has 0 aliphatic rings. The number of aromatic nitrogens is 2. The van der Waals surface area contributed by atoms with Crippen LogP contribution in [0.1, 0.15) is 13.8 Å². The smallest absolute Gasteiger partial charge is 0.332 e. The van der Waals surface area contributed by atoms with Gasteiger partial charge in [-0.15, -0.1) is 0 Å². The van der Waals surface area contributed by atoms with Gasteiger partial charge in [0.25, 0.3) is 0 Å². The normalized spacial score (nSPS) is 11.9. The zero-order valence-electron chi connectivity index (χ0n) is 9.13. The molecule has 0 saturated carbocycles. The highest BCUT2D eigenvalue weighted by molar-refractivity contribution is 7.53. The standard InChI is InChI=1S/C9H17N2O3P/c1-3-13-15(12,14-4-2)8-7-11-6-5-10-9-11/h5-6,9H,3-4,7-8H2,1-2H3. The van der Waals surface area contributed by atoms with Crippen LogP contribution in [0.4, 0.5) is 0 Å². The molecule has 1 aromatic rings. The van der Waals surface area contributed by atoms with E-state index in [9.17, 15) is 4.57 Å². The number of hydrogen-bond donors (Lipinski definition) is 0. The van der Waals surface area contributed by atoms with Crippen LogP contribution < -0.4 is 0 Å². The van der Waals surface area contributed by atoms with Gasteiger partial charge in [0.15, 0.2) is 0 Å². The van der Waals surface area contributed by atoms with E-state index in [1.807, 2.05) is 24.6 Å². The summed E-state index contributed by atoms with van der Waals surface area (Å²) in [7, 11) is -2.91. The van der Waals surface area contributed by atoms with Gasteiger partial charge in [0.1, 0.15) is 0 Å². The zero-order chi connectivity index (χ0) is 11.1. The molecule has 0 radical (unpaired) electrons. The van der Waals surface area contributed by atoms with E-state index < -0.39 is 7.60 Å². The lowest BCUT2D eigenvalue weighted by Crippen LogP contribution is -2.06. The van der Waals surface area contributed by atoms with Crippen molar-refractivity contribution >= 4 is 7.60 Å². The summed E-state index contributed by atoms with van der Waals surface area (Å²) in [5.41, 5.74) is 0. The van der Waals surface area contributed by atoms with Gasteiger partial charge in [-0.2, -0.15) is 0 Å². The predicted octanol–water partition coefficient (Wildman–Crippen LogP) is 2.15. The van der Waals surface area contributed by atoms with Crippen molar-refractivity contribution in [2.45, 2.75) is 20.4 Å². The van der Waals surface area contributed by atoms with Gasteiger partial charge in [-0.25, -0.2) is 4.98 Å². The van der Waals surface area contributed by atoms with Crippen molar-refractivity contribution < 1.29 is 13.6 Å². The fourth-order valence-electron chi connectivity index (χ4n) is 1.22. The molecule has 0 saturated heterocycles. The topological polar surface area (TPSA) is 53.4 Å². The van der Waals surface area contributed by atoms with Crippen molar-refractivity contribution in [2.24, 2.45) is 0 Å². The van der Waals surface area contributed by atoms with Crippen molar-refractivity contribution in [1.29, 1.82) is 0 Å². The summed E-state index contributed by atoms with van der Waals surface area (Å²) in [5, 5.41) is 0. The molecule has 1 aromatic heterocycles. The molecule has 15 heavy (non-hydrogen) atoms.